The maximum absolute atomic E-state index is 13.9. The first kappa shape index (κ1) is 26.4. The molecule has 0 aliphatic heterocycles. The minimum Gasteiger partial charge on any atom is -0.496 e. The molecular weight excluding hydrogens is 576 g/mol. The van der Waals surface area contributed by atoms with Gasteiger partial charge >= 0.3 is 5.69 Å². The van der Waals surface area contributed by atoms with E-state index in [2.05, 4.69) is 22.6 Å². The molecule has 184 valence electrons. The number of thiophene rings is 1. The maximum Gasteiger partial charge on any atom is 0.332 e. The van der Waals surface area contributed by atoms with Crippen LogP contribution in [0.25, 0.3) is 10.2 Å². The van der Waals surface area contributed by atoms with Crippen molar-refractivity contribution < 1.29 is 19.0 Å². The van der Waals surface area contributed by atoms with Crippen LogP contribution >= 0.6 is 33.9 Å². The Morgan fingerprint density at radius 1 is 1.29 bits per heavy atom. The number of aliphatic hydroxyl groups excluding tert-OH is 1. The van der Waals surface area contributed by atoms with Gasteiger partial charge in [0.05, 0.1) is 21.9 Å². The zero-order chi connectivity index (χ0) is 25.5. The van der Waals surface area contributed by atoms with E-state index in [1.165, 1.54) is 47.0 Å². The van der Waals surface area contributed by atoms with Crippen LogP contribution in [-0.4, -0.2) is 45.2 Å². The lowest BCUT2D eigenvalue weighted by atomic mass is 10.1. The van der Waals surface area contributed by atoms with Crippen molar-refractivity contribution in [3.8, 4) is 5.75 Å². The second-order valence-electron chi connectivity index (χ2n) is 8.37. The number of aromatic nitrogens is 2. The number of nitrogens with zero attached hydrogens (tertiary/aromatic N) is 3. The third-order valence-corrected chi connectivity index (χ3v) is 8.53. The van der Waals surface area contributed by atoms with Crippen molar-refractivity contribution in [3.63, 3.8) is 0 Å². The van der Waals surface area contributed by atoms with Gasteiger partial charge in [-0.3, -0.25) is 14.2 Å². The second-order valence-corrected chi connectivity index (χ2v) is 11.2. The number of aryl methyl sites for hydroxylation is 1. The molecule has 0 spiro atoms. The highest BCUT2D eigenvalue weighted by Crippen LogP contribution is 2.32. The summed E-state index contributed by atoms with van der Waals surface area (Å²) in [5.41, 5.74) is -0.402. The van der Waals surface area contributed by atoms with Crippen molar-refractivity contribution in [1.29, 1.82) is 0 Å². The Balaban J connectivity index is 2.24. The average Bonchev–Trinajstić information content (AvgIpc) is 3.09. The van der Waals surface area contributed by atoms with E-state index in [1.54, 1.807) is 14.0 Å². The molecule has 0 bridgehead atoms. The third kappa shape index (κ3) is 4.65. The molecule has 8 nitrogen and oxygen atoms in total. The molecule has 3 aromatic rings. The summed E-state index contributed by atoms with van der Waals surface area (Å²) in [6.07, 6.45) is -1.30. The molecule has 1 aromatic carbocycles. The van der Waals surface area contributed by atoms with E-state index in [-0.39, 0.29) is 29.8 Å². The van der Waals surface area contributed by atoms with Gasteiger partial charge in [0.2, 0.25) is 5.91 Å². The fourth-order valence-corrected chi connectivity index (χ4v) is 5.66. The molecule has 11 heteroatoms. The predicted molar refractivity (Wildman–Crippen MR) is 138 cm³/mol. The van der Waals surface area contributed by atoms with E-state index in [4.69, 9.17) is 4.74 Å². The molecular formula is C23H27FIN3O5S. The zero-order valence-corrected chi connectivity index (χ0v) is 22.7. The fraction of sp³-hybridized carbons (Fsp3) is 0.435. The Labute approximate surface area is 213 Å². The normalized spacial score (nSPS) is 13.4. The first-order valence-corrected chi connectivity index (χ1v) is 12.5. The summed E-state index contributed by atoms with van der Waals surface area (Å²) >= 11 is 3.34. The largest absolute Gasteiger partial charge is 0.496 e. The molecule has 2 atom stereocenters. The van der Waals surface area contributed by atoms with Crippen LogP contribution in [0.4, 0.5) is 4.39 Å². The van der Waals surface area contributed by atoms with Crippen molar-refractivity contribution in [2.75, 3.05) is 14.2 Å². The number of hydrogen-bond donors (Lipinski definition) is 1. The summed E-state index contributed by atoms with van der Waals surface area (Å²) in [5, 5.41) is 11.3. The Bertz CT molecular complexity index is 1360. The number of likely N-dealkylation sites (N-methyl/N-ethyl adjacent to an activating group) is 1. The number of hydrogen-bond acceptors (Lipinski definition) is 6. The van der Waals surface area contributed by atoms with Crippen molar-refractivity contribution in [2.45, 2.75) is 52.4 Å². The molecule has 1 unspecified atom stereocenters. The molecule has 0 saturated heterocycles. The summed E-state index contributed by atoms with van der Waals surface area (Å²) in [6, 6.07) is 2.58. The fourth-order valence-electron chi connectivity index (χ4n) is 3.74. The van der Waals surface area contributed by atoms with Gasteiger partial charge in [-0.25, -0.2) is 13.8 Å². The molecule has 2 aromatic heterocycles. The monoisotopic (exact) mass is 603 g/mol. The van der Waals surface area contributed by atoms with Crippen molar-refractivity contribution >= 4 is 50.1 Å². The minimum absolute atomic E-state index is 0.122. The second kappa shape index (κ2) is 10.2. The van der Waals surface area contributed by atoms with E-state index in [0.717, 1.165) is 13.5 Å². The van der Waals surface area contributed by atoms with Crippen LogP contribution in [0.5, 0.6) is 5.75 Å². The summed E-state index contributed by atoms with van der Waals surface area (Å²) in [7, 11) is 3.02. The lowest BCUT2D eigenvalue weighted by molar-refractivity contribution is -0.134. The van der Waals surface area contributed by atoms with Crippen molar-refractivity contribution in [3.05, 3.63) is 58.9 Å². The highest BCUT2D eigenvalue weighted by Gasteiger charge is 2.29. The van der Waals surface area contributed by atoms with E-state index in [1.807, 2.05) is 13.8 Å². The highest BCUT2D eigenvalue weighted by molar-refractivity contribution is 14.1. The van der Waals surface area contributed by atoms with Gasteiger partial charge < -0.3 is 14.7 Å². The lowest BCUT2D eigenvalue weighted by Crippen LogP contribution is -2.47. The van der Waals surface area contributed by atoms with E-state index < -0.39 is 29.2 Å². The predicted octanol–water partition coefficient (Wildman–Crippen LogP) is 3.45. The van der Waals surface area contributed by atoms with Gasteiger partial charge in [-0.05, 0) is 74.0 Å². The molecule has 34 heavy (non-hydrogen) atoms. The Kier molecular flexibility index (Phi) is 7.88. The van der Waals surface area contributed by atoms with Gasteiger partial charge in [-0.15, -0.1) is 11.3 Å². The van der Waals surface area contributed by atoms with Gasteiger partial charge in [0, 0.05) is 18.7 Å². The Hall–Kier alpha value is -2.25. The van der Waals surface area contributed by atoms with Crippen LogP contribution in [0.2, 0.25) is 0 Å². The maximum atomic E-state index is 13.9. The smallest absolute Gasteiger partial charge is 0.332 e. The number of methoxy groups -OCH3 is 1. The summed E-state index contributed by atoms with van der Waals surface area (Å²) in [6.45, 7) is 6.71. The molecule has 1 amide bonds. The van der Waals surface area contributed by atoms with Crippen LogP contribution in [0.3, 0.4) is 0 Å². The lowest BCUT2D eigenvalue weighted by Gasteiger charge is -2.26. The van der Waals surface area contributed by atoms with Crippen molar-refractivity contribution in [1.82, 2.24) is 14.0 Å². The van der Waals surface area contributed by atoms with Gasteiger partial charge in [0.1, 0.15) is 28.5 Å². The minimum atomic E-state index is -1.30. The SMILES string of the molecule is COc1ccc(F)cc1[C@@H](O)Cn1c(=O)n(C(C)C(=O)N(C)C(C)C)c(=O)c2c(C)c(I)sc21. The molecule has 2 heterocycles. The van der Waals surface area contributed by atoms with Gasteiger partial charge in [0.15, 0.2) is 0 Å². The van der Waals surface area contributed by atoms with Crippen LogP contribution in [0.15, 0.2) is 27.8 Å². The topological polar surface area (TPSA) is 93.8 Å². The number of halogens is 2. The number of carbonyl (C=O) groups excluding carboxylic acids is 1. The number of ether oxygens (including phenoxy) is 1. The third-order valence-electron chi connectivity index (χ3n) is 5.96. The number of amides is 1. The van der Waals surface area contributed by atoms with E-state index in [0.29, 0.717) is 15.8 Å². The van der Waals surface area contributed by atoms with Gasteiger partial charge in [-0.1, -0.05) is 0 Å². The van der Waals surface area contributed by atoms with Gasteiger partial charge in [-0.2, -0.15) is 0 Å². The standard InChI is InChI=1S/C23H27FIN3O5S/c1-11(2)26(5)20(30)13(4)28-21(31)18-12(3)19(25)34-22(18)27(23(28)32)10-16(29)15-9-14(24)7-8-17(15)33-6/h7-9,11,13,16,29H,10H2,1-6H3/t13?,16-/m0/s1. The first-order valence-electron chi connectivity index (χ1n) is 10.6. The van der Waals surface area contributed by atoms with Crippen LogP contribution in [0.1, 0.15) is 44.0 Å². The Morgan fingerprint density at radius 2 is 1.94 bits per heavy atom. The number of rotatable bonds is 7. The molecule has 1 N–H and O–H groups in total. The zero-order valence-electron chi connectivity index (χ0n) is 19.8. The molecule has 3 rings (SSSR count). The summed E-state index contributed by atoms with van der Waals surface area (Å²) in [4.78, 5) is 41.9. The number of carbonyl (C=O) groups is 1. The molecule has 0 aliphatic rings. The number of fused-ring (bicyclic) bond motifs is 1. The van der Waals surface area contributed by atoms with Crippen molar-refractivity contribution in [2.24, 2.45) is 0 Å². The summed E-state index contributed by atoms with van der Waals surface area (Å²) in [5.74, 6) is -0.671. The first-order chi connectivity index (χ1) is 15.9. The van der Waals surface area contributed by atoms with E-state index in [9.17, 15) is 23.9 Å². The van der Waals surface area contributed by atoms with Gasteiger partial charge in [0.25, 0.3) is 5.56 Å². The molecule has 0 aliphatic carbocycles. The number of benzene rings is 1. The highest BCUT2D eigenvalue weighted by atomic mass is 127. The van der Waals surface area contributed by atoms with E-state index >= 15 is 0 Å². The number of aliphatic hydroxyl groups is 1. The summed E-state index contributed by atoms with van der Waals surface area (Å²) < 4.78 is 22.2. The molecule has 0 radical (unpaired) electrons. The molecule has 0 fully saturated rings. The Morgan fingerprint density at radius 3 is 2.53 bits per heavy atom. The van der Waals surface area contributed by atoms with Crippen LogP contribution in [-0.2, 0) is 11.3 Å². The molecule has 0 saturated carbocycles. The quantitative estimate of drug-likeness (QED) is 0.418. The van der Waals surface area contributed by atoms with Crippen LogP contribution in [0, 0.1) is 15.6 Å². The van der Waals surface area contributed by atoms with Crippen LogP contribution < -0.4 is 16.0 Å². The average molecular weight is 603 g/mol.